The number of benzene rings is 2. The van der Waals surface area contributed by atoms with Gasteiger partial charge in [0.15, 0.2) is 5.78 Å². The summed E-state index contributed by atoms with van der Waals surface area (Å²) in [6, 6.07) is 8.00. The molecule has 0 aliphatic rings. The summed E-state index contributed by atoms with van der Waals surface area (Å²) in [4.78, 5) is 12.0. The van der Waals surface area contributed by atoms with Crippen LogP contribution in [0.5, 0.6) is 0 Å². The van der Waals surface area contributed by atoms with Gasteiger partial charge in [-0.25, -0.2) is 8.78 Å². The van der Waals surface area contributed by atoms with Gasteiger partial charge < -0.3 is 5.73 Å². The maximum absolute atomic E-state index is 13.7. The second kappa shape index (κ2) is 4.86. The number of hydrogen-bond acceptors (Lipinski definition) is 2. The van der Waals surface area contributed by atoms with E-state index in [0.29, 0.717) is 0 Å². The number of rotatable bonds is 2. The topological polar surface area (TPSA) is 43.1 Å². The Bertz CT molecular complexity index is 628. The zero-order valence-corrected chi connectivity index (χ0v) is 10.7. The number of anilines is 1. The number of nitrogen functional groups attached to an aromatic ring is 1. The molecule has 0 atom stereocenters. The van der Waals surface area contributed by atoms with E-state index in [2.05, 4.69) is 15.9 Å². The van der Waals surface area contributed by atoms with E-state index in [0.717, 1.165) is 6.07 Å². The van der Waals surface area contributed by atoms with Crippen LogP contribution in [-0.4, -0.2) is 5.78 Å². The lowest BCUT2D eigenvalue weighted by Gasteiger charge is -2.05. The van der Waals surface area contributed by atoms with Gasteiger partial charge in [-0.1, -0.05) is 6.07 Å². The van der Waals surface area contributed by atoms with Gasteiger partial charge in [-0.15, -0.1) is 0 Å². The number of nitrogens with two attached hydrogens (primary N) is 1. The monoisotopic (exact) mass is 311 g/mol. The minimum absolute atomic E-state index is 0.0544. The van der Waals surface area contributed by atoms with E-state index < -0.39 is 17.4 Å². The first-order valence-electron chi connectivity index (χ1n) is 5.04. The first kappa shape index (κ1) is 12.7. The Morgan fingerprint density at radius 1 is 1.17 bits per heavy atom. The summed E-state index contributed by atoms with van der Waals surface area (Å²) in [7, 11) is 0. The van der Waals surface area contributed by atoms with Crippen molar-refractivity contribution >= 4 is 27.4 Å². The first-order chi connectivity index (χ1) is 8.50. The van der Waals surface area contributed by atoms with Crippen LogP contribution in [0.25, 0.3) is 0 Å². The van der Waals surface area contributed by atoms with E-state index >= 15 is 0 Å². The second-order valence-electron chi connectivity index (χ2n) is 3.67. The molecule has 0 bridgehead atoms. The smallest absolute Gasteiger partial charge is 0.196 e. The highest BCUT2D eigenvalue weighted by atomic mass is 79.9. The maximum atomic E-state index is 13.7. The van der Waals surface area contributed by atoms with Gasteiger partial charge in [0.05, 0.1) is 15.7 Å². The molecule has 2 N–H and O–H groups in total. The first-order valence-corrected chi connectivity index (χ1v) is 5.83. The number of carbonyl (C=O) groups is 1. The third-order valence-corrected chi connectivity index (χ3v) is 3.07. The molecule has 2 aromatic rings. The van der Waals surface area contributed by atoms with Crippen molar-refractivity contribution in [3.05, 3.63) is 63.6 Å². The lowest BCUT2D eigenvalue weighted by Crippen LogP contribution is -2.06. The molecule has 0 aliphatic heterocycles. The van der Waals surface area contributed by atoms with E-state index in [1.807, 2.05) is 0 Å². The highest BCUT2D eigenvalue weighted by Crippen LogP contribution is 2.22. The Balaban J connectivity index is 2.48. The van der Waals surface area contributed by atoms with Crippen molar-refractivity contribution in [1.82, 2.24) is 0 Å². The van der Waals surface area contributed by atoms with Crippen LogP contribution in [0.3, 0.4) is 0 Å². The van der Waals surface area contributed by atoms with Gasteiger partial charge in [-0.05, 0) is 46.3 Å². The maximum Gasteiger partial charge on any atom is 0.196 e. The minimum atomic E-state index is -0.698. The summed E-state index contributed by atoms with van der Waals surface area (Å²) in [6.45, 7) is 0. The van der Waals surface area contributed by atoms with Crippen LogP contribution in [-0.2, 0) is 0 Å². The largest absolute Gasteiger partial charge is 0.396 e. The third kappa shape index (κ3) is 2.26. The van der Waals surface area contributed by atoms with Gasteiger partial charge in [0.25, 0.3) is 0 Å². The molecule has 0 saturated heterocycles. The van der Waals surface area contributed by atoms with Gasteiger partial charge in [0.1, 0.15) is 11.6 Å². The van der Waals surface area contributed by atoms with Crippen LogP contribution in [0.1, 0.15) is 15.9 Å². The van der Waals surface area contributed by atoms with E-state index in [9.17, 15) is 13.6 Å². The molecule has 0 unspecified atom stereocenters. The summed E-state index contributed by atoms with van der Waals surface area (Å²) in [5.41, 5.74) is 5.20. The Kier molecular flexibility index (Phi) is 3.43. The molecule has 0 amide bonds. The molecular formula is C13H8BrF2NO. The van der Waals surface area contributed by atoms with E-state index in [1.54, 1.807) is 0 Å². The van der Waals surface area contributed by atoms with Gasteiger partial charge in [0.2, 0.25) is 0 Å². The van der Waals surface area contributed by atoms with Crippen molar-refractivity contribution in [1.29, 1.82) is 0 Å². The highest BCUT2D eigenvalue weighted by Gasteiger charge is 2.16. The SMILES string of the molecule is Nc1ccc(C(=O)c2cccc(Br)c2F)cc1F. The quantitative estimate of drug-likeness (QED) is 0.681. The summed E-state index contributed by atoms with van der Waals surface area (Å²) >= 11 is 2.99. The lowest BCUT2D eigenvalue weighted by molar-refractivity contribution is 0.103. The molecule has 0 aromatic heterocycles. The molecule has 0 spiro atoms. The fourth-order valence-corrected chi connectivity index (χ4v) is 1.87. The molecule has 2 nitrogen and oxygen atoms in total. The average Bonchev–Trinajstić information content (AvgIpc) is 2.35. The molecule has 0 aliphatic carbocycles. The normalized spacial score (nSPS) is 10.4. The van der Waals surface area contributed by atoms with Gasteiger partial charge in [0, 0.05) is 5.56 Å². The Hall–Kier alpha value is -1.75. The summed E-state index contributed by atoms with van der Waals surface area (Å²) in [6.07, 6.45) is 0. The van der Waals surface area contributed by atoms with Crippen LogP contribution in [0.2, 0.25) is 0 Å². The van der Waals surface area contributed by atoms with Crippen molar-refractivity contribution < 1.29 is 13.6 Å². The third-order valence-electron chi connectivity index (χ3n) is 2.46. The molecular weight excluding hydrogens is 304 g/mol. The Morgan fingerprint density at radius 3 is 2.56 bits per heavy atom. The molecule has 2 rings (SSSR count). The predicted octanol–water partition coefficient (Wildman–Crippen LogP) is 3.54. The van der Waals surface area contributed by atoms with Crippen molar-refractivity contribution in [2.75, 3.05) is 5.73 Å². The Labute approximate surface area is 111 Å². The second-order valence-corrected chi connectivity index (χ2v) is 4.52. The number of ketones is 1. The van der Waals surface area contributed by atoms with Crippen LogP contribution in [0.4, 0.5) is 14.5 Å². The van der Waals surface area contributed by atoms with Gasteiger partial charge in [-0.2, -0.15) is 0 Å². The van der Waals surface area contributed by atoms with Crippen LogP contribution in [0, 0.1) is 11.6 Å². The fraction of sp³-hybridized carbons (Fsp3) is 0. The minimum Gasteiger partial charge on any atom is -0.396 e. The Morgan fingerprint density at radius 2 is 1.89 bits per heavy atom. The van der Waals surface area contributed by atoms with Crippen molar-refractivity contribution in [2.45, 2.75) is 0 Å². The highest BCUT2D eigenvalue weighted by molar-refractivity contribution is 9.10. The summed E-state index contributed by atoms with van der Waals surface area (Å²) in [5, 5.41) is 0. The van der Waals surface area contributed by atoms with Gasteiger partial charge in [-0.3, -0.25) is 4.79 Å². The van der Waals surface area contributed by atoms with Gasteiger partial charge >= 0.3 is 0 Å². The molecule has 0 saturated carbocycles. The van der Waals surface area contributed by atoms with Crippen molar-refractivity contribution in [2.24, 2.45) is 0 Å². The number of carbonyl (C=O) groups excluding carboxylic acids is 1. The number of hydrogen-bond donors (Lipinski definition) is 1. The van der Waals surface area contributed by atoms with Crippen LogP contribution < -0.4 is 5.73 Å². The predicted molar refractivity (Wildman–Crippen MR) is 68.3 cm³/mol. The fourth-order valence-electron chi connectivity index (χ4n) is 1.50. The average molecular weight is 312 g/mol. The van der Waals surface area contributed by atoms with Crippen molar-refractivity contribution in [3.8, 4) is 0 Å². The molecule has 0 fully saturated rings. The molecule has 18 heavy (non-hydrogen) atoms. The van der Waals surface area contributed by atoms with Crippen molar-refractivity contribution in [3.63, 3.8) is 0 Å². The van der Waals surface area contributed by atoms with E-state index in [4.69, 9.17) is 5.73 Å². The van der Waals surface area contributed by atoms with E-state index in [-0.39, 0.29) is 21.3 Å². The molecule has 92 valence electrons. The van der Waals surface area contributed by atoms with E-state index in [1.165, 1.54) is 30.3 Å². The van der Waals surface area contributed by atoms with Crippen LogP contribution in [0.15, 0.2) is 40.9 Å². The molecule has 5 heteroatoms. The summed E-state index contributed by atoms with van der Waals surface area (Å²) < 4.78 is 27.2. The zero-order chi connectivity index (χ0) is 13.3. The number of halogens is 3. The molecule has 0 heterocycles. The van der Waals surface area contributed by atoms with Crippen LogP contribution >= 0.6 is 15.9 Å². The summed E-state index contributed by atoms with van der Waals surface area (Å²) in [5.74, 6) is -1.95. The lowest BCUT2D eigenvalue weighted by atomic mass is 10.0. The molecule has 2 aromatic carbocycles. The molecule has 0 radical (unpaired) electrons. The standard InChI is InChI=1S/C13H8BrF2NO/c14-9-3-1-2-8(12(9)16)13(18)7-4-5-11(17)10(15)6-7/h1-6H,17H2. The zero-order valence-electron chi connectivity index (χ0n) is 9.08.